The van der Waals surface area contributed by atoms with Crippen molar-refractivity contribution in [2.75, 3.05) is 0 Å². The van der Waals surface area contributed by atoms with E-state index in [1.165, 1.54) is 12.1 Å². The number of rotatable bonds is 5. The maximum absolute atomic E-state index is 9.23. The number of fused-ring (bicyclic) bond motifs is 6. The summed E-state index contributed by atoms with van der Waals surface area (Å²) in [5, 5.41) is 1.92. The van der Waals surface area contributed by atoms with E-state index in [2.05, 4.69) is 0 Å². The van der Waals surface area contributed by atoms with Gasteiger partial charge in [0, 0.05) is 43.8 Å². The molecule has 0 unspecified atom stereocenters. The van der Waals surface area contributed by atoms with Crippen LogP contribution >= 0.6 is 0 Å². The molecule has 50 heavy (non-hydrogen) atoms. The average Bonchev–Trinajstić information content (AvgIpc) is 3.81. The summed E-state index contributed by atoms with van der Waals surface area (Å²) >= 11 is 0. The van der Waals surface area contributed by atoms with E-state index < -0.39 is 0 Å². The van der Waals surface area contributed by atoms with Crippen LogP contribution in [0.3, 0.4) is 0 Å². The summed E-state index contributed by atoms with van der Waals surface area (Å²) in [5.41, 5.74) is 5.35. The van der Waals surface area contributed by atoms with Gasteiger partial charge in [0.05, 0.1) is 26.3 Å². The second-order valence-electron chi connectivity index (χ2n) is 11.9. The first-order chi connectivity index (χ1) is 27.7. The molecular formula is C45H28N4O. The largest absolute Gasteiger partial charge is 0.455 e. The number of nitrogens with zero attached hydrogens (tertiary/aromatic N) is 4. The molecule has 0 aliphatic carbocycles. The molecule has 0 amide bonds. The third-order valence-electron chi connectivity index (χ3n) is 8.94. The first-order valence-electron chi connectivity index (χ1n) is 19.6. The molecule has 10 rings (SSSR count). The number of hydrogen-bond acceptors (Lipinski definition) is 4. The van der Waals surface area contributed by atoms with Gasteiger partial charge < -0.3 is 8.98 Å². The third kappa shape index (κ3) is 4.52. The molecule has 0 aliphatic rings. The lowest BCUT2D eigenvalue weighted by molar-refractivity contribution is 0.670. The molecule has 3 aromatic heterocycles. The molecule has 234 valence electrons. The molecular weight excluding hydrogens is 613 g/mol. The van der Waals surface area contributed by atoms with Gasteiger partial charge in [-0.05, 0) is 35.8 Å². The zero-order chi connectivity index (χ0) is 39.1. The lowest BCUT2D eigenvalue weighted by atomic mass is 9.99. The Kier molecular flexibility index (Phi) is 4.99. The summed E-state index contributed by atoms with van der Waals surface area (Å²) < 4.78 is 70.2. The number of benzene rings is 7. The van der Waals surface area contributed by atoms with Crippen molar-refractivity contribution in [1.29, 1.82) is 0 Å². The van der Waals surface area contributed by atoms with Gasteiger partial charge in [0.15, 0.2) is 17.5 Å². The lowest BCUT2D eigenvalue weighted by Crippen LogP contribution is -2.04. The Bertz CT molecular complexity index is 3140. The molecule has 0 aliphatic heterocycles. The normalized spacial score (nSPS) is 13.6. The molecule has 0 atom stereocenters. The van der Waals surface area contributed by atoms with Crippen molar-refractivity contribution in [3.05, 3.63) is 170 Å². The number of aromatic nitrogens is 4. The summed E-state index contributed by atoms with van der Waals surface area (Å²) in [6.07, 6.45) is 0. The number of furan rings is 1. The van der Waals surface area contributed by atoms with Crippen molar-refractivity contribution in [3.8, 4) is 51.0 Å². The SMILES string of the molecule is [2H]c1cc([2H])c2c(c1[2H])c1c([2H])c([2H])cc([2H])c1n2-c1cc(-c2cccc3c2oc2c([2H])cccc23)ccc1-c1nc(-c2ccccc2)nc(-c2ccccc2)n1. The predicted octanol–water partition coefficient (Wildman–Crippen LogP) is 11.5. The fraction of sp³-hybridized carbons (Fsp3) is 0. The van der Waals surface area contributed by atoms with E-state index in [1.807, 2.05) is 109 Å². The highest BCUT2D eigenvalue weighted by Crippen LogP contribution is 2.41. The van der Waals surface area contributed by atoms with Gasteiger partial charge in [0.1, 0.15) is 11.2 Å². The Hall–Kier alpha value is -6.85. The van der Waals surface area contributed by atoms with Crippen molar-refractivity contribution in [2.24, 2.45) is 0 Å². The fourth-order valence-corrected chi connectivity index (χ4v) is 6.66. The molecule has 10 aromatic rings. The van der Waals surface area contributed by atoms with Gasteiger partial charge in [-0.1, -0.05) is 139 Å². The maximum Gasteiger partial charge on any atom is 0.166 e. The van der Waals surface area contributed by atoms with E-state index in [0.29, 0.717) is 45.5 Å². The highest BCUT2D eigenvalue weighted by molar-refractivity contribution is 6.11. The summed E-state index contributed by atoms with van der Waals surface area (Å²) in [4.78, 5) is 14.9. The third-order valence-corrected chi connectivity index (χ3v) is 8.94. The topological polar surface area (TPSA) is 56.7 Å². The van der Waals surface area contributed by atoms with Crippen LogP contribution in [0.2, 0.25) is 0 Å². The molecule has 0 saturated carbocycles. The first-order valence-corrected chi connectivity index (χ1v) is 16.1. The van der Waals surface area contributed by atoms with Gasteiger partial charge in [0.25, 0.3) is 0 Å². The fourth-order valence-electron chi connectivity index (χ4n) is 6.66. The van der Waals surface area contributed by atoms with Gasteiger partial charge in [-0.2, -0.15) is 0 Å². The van der Waals surface area contributed by atoms with Crippen molar-refractivity contribution in [3.63, 3.8) is 0 Å². The molecule has 0 fully saturated rings. The summed E-state index contributed by atoms with van der Waals surface area (Å²) in [6.45, 7) is 0. The number of para-hydroxylation sites is 4. The molecule has 7 aromatic carbocycles. The van der Waals surface area contributed by atoms with E-state index in [9.17, 15) is 2.74 Å². The standard InChI is InChI=1S/C45H28N4O/c1-3-14-29(15-4-1)43-46-44(30-16-5-2-6-17-30)48-45(47-43)37-27-26-31(32-21-13-22-36-35-20-9-12-25-41(35)50-42(32)36)28-40(37)49-38-23-10-7-18-33(38)34-19-8-11-24-39(34)49/h1-28H/i7D,8D,18D,19D,23D,24D,25D. The van der Waals surface area contributed by atoms with Gasteiger partial charge >= 0.3 is 0 Å². The van der Waals surface area contributed by atoms with Crippen LogP contribution in [0.4, 0.5) is 0 Å². The molecule has 0 radical (unpaired) electrons. The Balaban J connectivity index is 1.35. The zero-order valence-electron chi connectivity index (χ0n) is 33.3. The summed E-state index contributed by atoms with van der Waals surface area (Å²) in [5.74, 6) is 1.15. The summed E-state index contributed by atoms with van der Waals surface area (Å²) in [7, 11) is 0. The minimum atomic E-state index is -0.211. The van der Waals surface area contributed by atoms with Crippen LogP contribution in [0.15, 0.2) is 174 Å². The Labute approximate surface area is 297 Å². The van der Waals surface area contributed by atoms with Crippen molar-refractivity contribution >= 4 is 43.7 Å². The van der Waals surface area contributed by atoms with Gasteiger partial charge in [-0.25, -0.2) is 15.0 Å². The lowest BCUT2D eigenvalue weighted by Gasteiger charge is -2.16. The molecule has 0 N–H and O–H groups in total. The van der Waals surface area contributed by atoms with Crippen LogP contribution in [-0.4, -0.2) is 19.5 Å². The quantitative estimate of drug-likeness (QED) is 0.186. The second kappa shape index (κ2) is 11.4. The van der Waals surface area contributed by atoms with E-state index in [4.69, 9.17) is 26.2 Å². The molecule has 0 bridgehead atoms. The van der Waals surface area contributed by atoms with Gasteiger partial charge in [-0.3, -0.25) is 0 Å². The highest BCUT2D eigenvalue weighted by Gasteiger charge is 2.21. The van der Waals surface area contributed by atoms with Crippen LogP contribution in [0.5, 0.6) is 0 Å². The maximum atomic E-state index is 9.23. The van der Waals surface area contributed by atoms with E-state index >= 15 is 0 Å². The monoisotopic (exact) mass is 647 g/mol. The first kappa shape index (κ1) is 21.9. The van der Waals surface area contributed by atoms with Crippen LogP contribution in [0, 0.1) is 0 Å². The average molecular weight is 648 g/mol. The number of hydrogen-bond donors (Lipinski definition) is 0. The second-order valence-corrected chi connectivity index (χ2v) is 11.9. The van der Waals surface area contributed by atoms with Crippen LogP contribution < -0.4 is 0 Å². The van der Waals surface area contributed by atoms with E-state index in [1.54, 1.807) is 10.6 Å². The molecule has 5 heteroatoms. The van der Waals surface area contributed by atoms with Gasteiger partial charge in [0.2, 0.25) is 0 Å². The highest BCUT2D eigenvalue weighted by atomic mass is 16.3. The van der Waals surface area contributed by atoms with E-state index in [-0.39, 0.29) is 64.1 Å². The molecule has 0 spiro atoms. The zero-order valence-corrected chi connectivity index (χ0v) is 26.3. The minimum Gasteiger partial charge on any atom is -0.455 e. The molecule has 5 nitrogen and oxygen atoms in total. The van der Waals surface area contributed by atoms with Gasteiger partial charge in [-0.15, -0.1) is 0 Å². The Morgan fingerprint density at radius 3 is 1.76 bits per heavy atom. The molecule has 3 heterocycles. The van der Waals surface area contributed by atoms with Crippen molar-refractivity contribution in [1.82, 2.24) is 19.5 Å². The van der Waals surface area contributed by atoms with Crippen LogP contribution in [0.25, 0.3) is 94.7 Å². The summed E-state index contributed by atoms with van der Waals surface area (Å²) in [6, 6.07) is 37.9. The van der Waals surface area contributed by atoms with Crippen molar-refractivity contribution < 1.29 is 14.0 Å². The predicted molar refractivity (Wildman–Crippen MR) is 203 cm³/mol. The Morgan fingerprint density at radius 1 is 0.460 bits per heavy atom. The van der Waals surface area contributed by atoms with Crippen LogP contribution in [-0.2, 0) is 0 Å². The smallest absolute Gasteiger partial charge is 0.166 e. The van der Waals surface area contributed by atoms with Crippen molar-refractivity contribution in [2.45, 2.75) is 0 Å². The molecule has 0 saturated heterocycles. The minimum absolute atomic E-state index is 0.0863. The Morgan fingerprint density at radius 2 is 1.08 bits per heavy atom. The van der Waals surface area contributed by atoms with E-state index in [0.717, 1.165) is 27.5 Å². The van der Waals surface area contributed by atoms with Crippen LogP contribution in [0.1, 0.15) is 9.60 Å².